The maximum absolute atomic E-state index is 9.21. The minimum absolute atomic E-state index is 0.0595. The van der Waals surface area contributed by atoms with Crippen LogP contribution >= 0.6 is 11.3 Å². The fraction of sp³-hybridized carbons (Fsp3) is 0.571. The molecule has 0 radical (unpaired) electrons. The Balaban J connectivity index is 1.79. The maximum atomic E-state index is 9.21. The van der Waals surface area contributed by atoms with Gasteiger partial charge in [0, 0.05) is 19.6 Å². The largest absolute Gasteiger partial charge is 0.394 e. The first-order chi connectivity index (χ1) is 10.3. The summed E-state index contributed by atoms with van der Waals surface area (Å²) in [4.78, 5) is 12.5. The molecule has 1 aliphatic rings. The zero-order valence-corrected chi connectivity index (χ0v) is 12.9. The minimum atomic E-state index is -0.0996. The van der Waals surface area contributed by atoms with Crippen molar-refractivity contribution in [1.82, 2.24) is 14.9 Å². The first kappa shape index (κ1) is 14.6. The highest BCUT2D eigenvalue weighted by Gasteiger charge is 2.21. The normalized spacial score (nSPS) is 20.0. The lowest BCUT2D eigenvalue weighted by molar-refractivity contribution is -0.0556. The zero-order chi connectivity index (χ0) is 14.7. The van der Waals surface area contributed by atoms with E-state index in [-0.39, 0.29) is 12.7 Å². The Morgan fingerprint density at radius 2 is 2.43 bits per heavy atom. The molecule has 6 nitrogen and oxygen atoms in total. The molecule has 21 heavy (non-hydrogen) atoms. The number of hydrogen-bond acceptors (Lipinski definition) is 7. The van der Waals surface area contributed by atoms with E-state index in [2.05, 4.69) is 33.2 Å². The molecule has 1 unspecified atom stereocenters. The predicted molar refractivity (Wildman–Crippen MR) is 83.7 cm³/mol. The highest BCUT2D eigenvalue weighted by Crippen LogP contribution is 2.25. The van der Waals surface area contributed by atoms with E-state index >= 15 is 0 Å². The third-order valence-corrected chi connectivity index (χ3v) is 4.31. The van der Waals surface area contributed by atoms with Gasteiger partial charge in [-0.15, -0.1) is 11.3 Å². The summed E-state index contributed by atoms with van der Waals surface area (Å²) >= 11 is 1.63. The molecule has 114 valence electrons. The molecule has 1 saturated heterocycles. The van der Waals surface area contributed by atoms with Crippen molar-refractivity contribution in [3.8, 4) is 0 Å². The highest BCUT2D eigenvalue weighted by molar-refractivity contribution is 7.16. The SMILES string of the molecule is CCNc1nc(CN2CCOC(CO)C2)nc2sccc12. The molecular weight excluding hydrogens is 288 g/mol. The van der Waals surface area contributed by atoms with Crippen molar-refractivity contribution in [2.24, 2.45) is 0 Å². The van der Waals surface area contributed by atoms with E-state index in [1.54, 1.807) is 11.3 Å². The van der Waals surface area contributed by atoms with Gasteiger partial charge < -0.3 is 15.2 Å². The van der Waals surface area contributed by atoms with Crippen molar-refractivity contribution in [2.45, 2.75) is 19.6 Å². The van der Waals surface area contributed by atoms with E-state index in [1.165, 1.54) is 0 Å². The van der Waals surface area contributed by atoms with Gasteiger partial charge in [-0.3, -0.25) is 4.90 Å². The lowest BCUT2D eigenvalue weighted by atomic mass is 10.3. The summed E-state index contributed by atoms with van der Waals surface area (Å²) in [6.07, 6.45) is -0.0996. The smallest absolute Gasteiger partial charge is 0.146 e. The molecule has 2 aromatic rings. The summed E-state index contributed by atoms with van der Waals surface area (Å²) < 4.78 is 5.47. The van der Waals surface area contributed by atoms with Crippen LogP contribution in [0.5, 0.6) is 0 Å². The summed E-state index contributed by atoms with van der Waals surface area (Å²) in [5, 5.41) is 15.6. The Labute approximate surface area is 127 Å². The number of aromatic nitrogens is 2. The summed E-state index contributed by atoms with van der Waals surface area (Å²) in [5.41, 5.74) is 0. The van der Waals surface area contributed by atoms with Crippen molar-refractivity contribution in [1.29, 1.82) is 0 Å². The van der Waals surface area contributed by atoms with Gasteiger partial charge in [-0.25, -0.2) is 9.97 Å². The second-order valence-corrected chi connectivity index (χ2v) is 5.96. The van der Waals surface area contributed by atoms with Gasteiger partial charge in [0.1, 0.15) is 16.5 Å². The molecular formula is C14H20N4O2S. The quantitative estimate of drug-likeness (QED) is 0.868. The van der Waals surface area contributed by atoms with Gasteiger partial charge in [-0.05, 0) is 18.4 Å². The van der Waals surface area contributed by atoms with Crippen LogP contribution in [0.25, 0.3) is 10.2 Å². The molecule has 2 aromatic heterocycles. The van der Waals surface area contributed by atoms with Gasteiger partial charge in [0.05, 0.1) is 31.2 Å². The predicted octanol–water partition coefficient (Wildman–Crippen LogP) is 1.32. The molecule has 1 fully saturated rings. The van der Waals surface area contributed by atoms with Crippen molar-refractivity contribution >= 4 is 27.4 Å². The Hall–Kier alpha value is -1.28. The Morgan fingerprint density at radius 1 is 1.52 bits per heavy atom. The molecule has 2 N–H and O–H groups in total. The van der Waals surface area contributed by atoms with Crippen LogP contribution in [0.4, 0.5) is 5.82 Å². The summed E-state index contributed by atoms with van der Waals surface area (Å²) in [7, 11) is 0. The summed E-state index contributed by atoms with van der Waals surface area (Å²) in [6.45, 7) is 5.86. The average Bonchev–Trinajstić information content (AvgIpc) is 2.96. The van der Waals surface area contributed by atoms with Crippen LogP contribution in [0, 0.1) is 0 Å². The fourth-order valence-electron chi connectivity index (χ4n) is 2.51. The molecule has 3 heterocycles. The number of nitrogens with one attached hydrogen (secondary N) is 1. The van der Waals surface area contributed by atoms with E-state index in [4.69, 9.17) is 4.74 Å². The molecule has 3 rings (SSSR count). The Kier molecular flexibility index (Phi) is 4.64. The van der Waals surface area contributed by atoms with Crippen molar-refractivity contribution < 1.29 is 9.84 Å². The van der Waals surface area contributed by atoms with Gasteiger partial charge in [0.25, 0.3) is 0 Å². The van der Waals surface area contributed by atoms with Gasteiger partial charge in [-0.2, -0.15) is 0 Å². The first-order valence-electron chi connectivity index (χ1n) is 7.23. The van der Waals surface area contributed by atoms with Crippen LogP contribution in [-0.2, 0) is 11.3 Å². The van der Waals surface area contributed by atoms with Crippen LogP contribution in [0.15, 0.2) is 11.4 Å². The van der Waals surface area contributed by atoms with Crippen LogP contribution in [0.3, 0.4) is 0 Å². The second kappa shape index (κ2) is 6.65. The van der Waals surface area contributed by atoms with Crippen molar-refractivity contribution in [2.75, 3.05) is 38.2 Å². The molecule has 0 amide bonds. The Bertz CT molecular complexity index is 604. The summed E-state index contributed by atoms with van der Waals surface area (Å²) in [6, 6.07) is 2.05. The van der Waals surface area contributed by atoms with Gasteiger partial charge in [0.15, 0.2) is 0 Å². The number of thiophene rings is 1. The van der Waals surface area contributed by atoms with Crippen molar-refractivity contribution in [3.63, 3.8) is 0 Å². The third kappa shape index (κ3) is 3.32. The monoisotopic (exact) mass is 308 g/mol. The fourth-order valence-corrected chi connectivity index (χ4v) is 3.29. The number of fused-ring (bicyclic) bond motifs is 1. The standard InChI is InChI=1S/C14H20N4O2S/c1-2-15-13-11-3-6-21-14(11)17-12(16-13)8-18-4-5-20-10(7-18)9-19/h3,6,10,19H,2,4-5,7-9H2,1H3,(H,15,16,17). The molecule has 0 saturated carbocycles. The average molecular weight is 308 g/mol. The summed E-state index contributed by atoms with van der Waals surface area (Å²) in [5.74, 6) is 1.73. The van der Waals surface area contributed by atoms with Gasteiger partial charge in [0.2, 0.25) is 0 Å². The molecule has 0 bridgehead atoms. The van der Waals surface area contributed by atoms with Crippen LogP contribution in [-0.4, -0.2) is 58.9 Å². The van der Waals surface area contributed by atoms with E-state index in [0.29, 0.717) is 13.2 Å². The molecule has 0 spiro atoms. The molecule has 0 aliphatic carbocycles. The number of aliphatic hydroxyl groups excluding tert-OH is 1. The van der Waals surface area contributed by atoms with Crippen LogP contribution < -0.4 is 5.32 Å². The maximum Gasteiger partial charge on any atom is 0.146 e. The number of nitrogens with zero attached hydrogens (tertiary/aromatic N) is 3. The molecule has 1 atom stereocenters. The number of ether oxygens (including phenoxy) is 1. The topological polar surface area (TPSA) is 70.5 Å². The number of rotatable bonds is 5. The third-order valence-electron chi connectivity index (χ3n) is 3.51. The Morgan fingerprint density at radius 3 is 3.24 bits per heavy atom. The van der Waals surface area contributed by atoms with Gasteiger partial charge in [-0.1, -0.05) is 0 Å². The molecule has 0 aromatic carbocycles. The van der Waals surface area contributed by atoms with Gasteiger partial charge >= 0.3 is 0 Å². The lowest BCUT2D eigenvalue weighted by Crippen LogP contribution is -2.43. The van der Waals surface area contributed by atoms with E-state index < -0.39 is 0 Å². The highest BCUT2D eigenvalue weighted by atomic mass is 32.1. The number of morpholine rings is 1. The van der Waals surface area contributed by atoms with Crippen molar-refractivity contribution in [3.05, 3.63) is 17.3 Å². The molecule has 7 heteroatoms. The van der Waals surface area contributed by atoms with Crippen LogP contribution in [0.2, 0.25) is 0 Å². The first-order valence-corrected chi connectivity index (χ1v) is 8.11. The second-order valence-electron chi connectivity index (χ2n) is 5.07. The van der Waals surface area contributed by atoms with E-state index in [0.717, 1.165) is 41.5 Å². The lowest BCUT2D eigenvalue weighted by Gasteiger charge is -2.31. The van der Waals surface area contributed by atoms with E-state index in [9.17, 15) is 5.11 Å². The number of hydrogen-bond donors (Lipinski definition) is 2. The van der Waals surface area contributed by atoms with E-state index in [1.807, 2.05) is 5.38 Å². The zero-order valence-electron chi connectivity index (χ0n) is 12.1. The molecule has 1 aliphatic heterocycles. The number of anilines is 1. The van der Waals surface area contributed by atoms with Crippen LogP contribution in [0.1, 0.15) is 12.7 Å². The number of aliphatic hydroxyl groups is 1. The minimum Gasteiger partial charge on any atom is -0.394 e.